The fraction of sp³-hybridized carbons (Fsp3) is 0. The molecule has 2 N–H and O–H groups in total. The zero-order chi connectivity index (χ0) is 9.30. The van der Waals surface area contributed by atoms with Gasteiger partial charge in [0.1, 0.15) is 0 Å². The van der Waals surface area contributed by atoms with Crippen molar-refractivity contribution >= 4 is 34.6 Å². The van der Waals surface area contributed by atoms with Crippen molar-refractivity contribution < 1.29 is 4.39 Å². The van der Waals surface area contributed by atoms with Gasteiger partial charge in [-0.1, -0.05) is 23.2 Å². The summed E-state index contributed by atoms with van der Waals surface area (Å²) in [6.45, 7) is 6.58. The van der Waals surface area contributed by atoms with Crippen LogP contribution < -0.4 is 5.73 Å². The van der Waals surface area contributed by atoms with Crippen LogP contribution >= 0.6 is 23.2 Å². The monoisotopic (exact) mass is 204 g/mol. The lowest BCUT2D eigenvalue weighted by Crippen LogP contribution is -1.90. The van der Waals surface area contributed by atoms with Crippen LogP contribution in [-0.2, 0) is 0 Å². The second kappa shape index (κ2) is 3.18. The van der Waals surface area contributed by atoms with Crippen molar-refractivity contribution in [3.8, 4) is 0 Å². The molecule has 12 heavy (non-hydrogen) atoms. The Hall–Kier alpha value is -0.980. The van der Waals surface area contributed by atoms with Crippen molar-refractivity contribution in [2.75, 3.05) is 5.73 Å². The second-order valence-electron chi connectivity index (χ2n) is 2.03. The Balaban J connectivity index is 3.52. The van der Waals surface area contributed by atoms with Crippen LogP contribution in [0.1, 0.15) is 0 Å². The molecule has 0 unspecified atom stereocenters. The van der Waals surface area contributed by atoms with Crippen LogP contribution in [0.15, 0.2) is 6.07 Å². The minimum atomic E-state index is -0.825. The van der Waals surface area contributed by atoms with Crippen molar-refractivity contribution in [3.05, 3.63) is 33.3 Å². The number of halogens is 3. The molecule has 0 aliphatic heterocycles. The largest absolute Gasteiger partial charge is 0.396 e. The van der Waals surface area contributed by atoms with Crippen LogP contribution in [0.3, 0.4) is 0 Å². The molecular formula is C7H3Cl2FN2. The minimum Gasteiger partial charge on any atom is -0.396 e. The number of nitrogens with two attached hydrogens (primary N) is 1. The number of nitrogen functional groups attached to an aromatic ring is 1. The average Bonchev–Trinajstić information content (AvgIpc) is 2.08. The SMILES string of the molecule is [C-]#[N+]c1cc(Cl)c(N)c(Cl)c1F. The standard InChI is InChI=1S/C7H3Cl2FN2/c1-12-4-2-3(8)7(11)5(9)6(4)10/h2H,11H2. The molecule has 0 amide bonds. The molecule has 1 rings (SSSR count). The van der Waals surface area contributed by atoms with Gasteiger partial charge in [-0.25, -0.2) is 9.24 Å². The molecule has 62 valence electrons. The summed E-state index contributed by atoms with van der Waals surface area (Å²) in [5.41, 5.74) is 5.04. The molecule has 0 aliphatic carbocycles. The van der Waals surface area contributed by atoms with Crippen LogP contribution in [0.2, 0.25) is 10.0 Å². The summed E-state index contributed by atoms with van der Waals surface area (Å²) < 4.78 is 13.0. The van der Waals surface area contributed by atoms with Gasteiger partial charge in [0.15, 0.2) is 5.82 Å². The maximum Gasteiger partial charge on any atom is 0.225 e. The number of benzene rings is 1. The summed E-state index contributed by atoms with van der Waals surface area (Å²) in [5.74, 6) is -0.825. The lowest BCUT2D eigenvalue weighted by atomic mass is 10.3. The van der Waals surface area contributed by atoms with Gasteiger partial charge in [0.05, 0.1) is 22.3 Å². The molecule has 0 saturated carbocycles. The zero-order valence-corrected chi connectivity index (χ0v) is 7.25. The number of nitrogens with zero attached hydrogens (tertiary/aromatic N) is 1. The van der Waals surface area contributed by atoms with Gasteiger partial charge in [-0.3, -0.25) is 0 Å². The Morgan fingerprint density at radius 2 is 2.08 bits per heavy atom. The Morgan fingerprint density at radius 1 is 1.50 bits per heavy atom. The van der Waals surface area contributed by atoms with E-state index in [0.29, 0.717) is 0 Å². The number of hydrogen-bond donors (Lipinski definition) is 1. The smallest absolute Gasteiger partial charge is 0.225 e. The first-order valence-corrected chi connectivity index (χ1v) is 3.64. The van der Waals surface area contributed by atoms with Crippen LogP contribution in [0.25, 0.3) is 4.85 Å². The number of hydrogen-bond acceptors (Lipinski definition) is 1. The Labute approximate surface area is 78.5 Å². The fourth-order valence-electron chi connectivity index (χ4n) is 0.678. The van der Waals surface area contributed by atoms with Gasteiger partial charge in [0, 0.05) is 0 Å². The van der Waals surface area contributed by atoms with Crippen LogP contribution in [0.4, 0.5) is 15.8 Å². The molecule has 0 bridgehead atoms. The Kier molecular flexibility index (Phi) is 2.41. The van der Waals surface area contributed by atoms with Crippen LogP contribution in [0.5, 0.6) is 0 Å². The highest BCUT2D eigenvalue weighted by atomic mass is 35.5. The lowest BCUT2D eigenvalue weighted by Gasteiger charge is -2.03. The van der Waals surface area contributed by atoms with E-state index in [1.54, 1.807) is 0 Å². The average molecular weight is 205 g/mol. The van der Waals surface area contributed by atoms with E-state index in [1.165, 1.54) is 0 Å². The van der Waals surface area contributed by atoms with E-state index in [9.17, 15) is 4.39 Å². The minimum absolute atomic E-state index is 0.0387. The fourth-order valence-corrected chi connectivity index (χ4v) is 1.12. The summed E-state index contributed by atoms with van der Waals surface area (Å²) in [4.78, 5) is 2.88. The molecule has 1 aromatic rings. The van der Waals surface area contributed by atoms with Gasteiger partial charge in [-0.15, -0.1) is 0 Å². The topological polar surface area (TPSA) is 30.4 Å². The summed E-state index contributed by atoms with van der Waals surface area (Å²) >= 11 is 11.0. The first kappa shape index (κ1) is 9.11. The maximum absolute atomic E-state index is 13.0. The molecule has 0 heterocycles. The van der Waals surface area contributed by atoms with Gasteiger partial charge in [-0.05, 0) is 6.07 Å². The quantitative estimate of drug-likeness (QED) is 0.393. The number of rotatable bonds is 0. The summed E-state index contributed by atoms with van der Waals surface area (Å²) in [6, 6.07) is 1.14. The van der Waals surface area contributed by atoms with Crippen LogP contribution in [0, 0.1) is 12.4 Å². The maximum atomic E-state index is 13.0. The van der Waals surface area contributed by atoms with Crippen LogP contribution in [-0.4, -0.2) is 0 Å². The van der Waals surface area contributed by atoms with Gasteiger partial charge in [0.25, 0.3) is 0 Å². The first-order valence-electron chi connectivity index (χ1n) is 2.88. The van der Waals surface area contributed by atoms with E-state index in [4.69, 9.17) is 35.5 Å². The van der Waals surface area contributed by atoms with E-state index >= 15 is 0 Å². The summed E-state index contributed by atoms with van der Waals surface area (Å²) in [7, 11) is 0. The first-order chi connectivity index (χ1) is 5.57. The predicted octanol–water partition coefficient (Wildman–Crippen LogP) is 3.27. The molecule has 0 saturated heterocycles. The third-order valence-electron chi connectivity index (χ3n) is 1.30. The summed E-state index contributed by atoms with van der Waals surface area (Å²) in [5, 5.41) is -0.207. The molecule has 0 fully saturated rings. The van der Waals surface area contributed by atoms with E-state index < -0.39 is 5.82 Å². The molecule has 1 aromatic carbocycles. The molecule has 0 radical (unpaired) electrons. The van der Waals surface area contributed by atoms with E-state index in [1.807, 2.05) is 0 Å². The third-order valence-corrected chi connectivity index (χ3v) is 1.98. The van der Waals surface area contributed by atoms with Crippen molar-refractivity contribution in [1.29, 1.82) is 0 Å². The molecule has 0 aromatic heterocycles. The highest BCUT2D eigenvalue weighted by Gasteiger charge is 2.13. The predicted molar refractivity (Wildman–Crippen MR) is 47.1 cm³/mol. The van der Waals surface area contributed by atoms with Gasteiger partial charge < -0.3 is 5.73 Å². The molecule has 2 nitrogen and oxygen atoms in total. The highest BCUT2D eigenvalue weighted by Crippen LogP contribution is 2.35. The van der Waals surface area contributed by atoms with Crippen molar-refractivity contribution in [3.63, 3.8) is 0 Å². The Morgan fingerprint density at radius 3 is 2.58 bits per heavy atom. The lowest BCUT2D eigenvalue weighted by molar-refractivity contribution is 0.635. The second-order valence-corrected chi connectivity index (χ2v) is 2.82. The molecule has 5 heteroatoms. The van der Waals surface area contributed by atoms with E-state index in [0.717, 1.165) is 6.07 Å². The van der Waals surface area contributed by atoms with Crippen molar-refractivity contribution in [2.45, 2.75) is 0 Å². The van der Waals surface area contributed by atoms with Crippen molar-refractivity contribution in [1.82, 2.24) is 0 Å². The van der Waals surface area contributed by atoms with E-state index in [2.05, 4.69) is 4.85 Å². The van der Waals surface area contributed by atoms with E-state index in [-0.39, 0.29) is 21.4 Å². The van der Waals surface area contributed by atoms with Gasteiger partial charge in [0.2, 0.25) is 5.69 Å². The molecule has 0 spiro atoms. The Bertz CT molecular complexity index is 371. The molecule has 0 aliphatic rings. The van der Waals surface area contributed by atoms with Crippen molar-refractivity contribution in [2.24, 2.45) is 0 Å². The third kappa shape index (κ3) is 1.31. The highest BCUT2D eigenvalue weighted by molar-refractivity contribution is 6.39. The zero-order valence-electron chi connectivity index (χ0n) is 5.74. The number of anilines is 1. The molecule has 0 atom stereocenters. The summed E-state index contributed by atoms with van der Waals surface area (Å²) in [6.07, 6.45) is 0. The normalized spacial score (nSPS) is 9.50. The van der Waals surface area contributed by atoms with Gasteiger partial charge >= 0.3 is 0 Å². The molecular weight excluding hydrogens is 202 g/mol. The van der Waals surface area contributed by atoms with Gasteiger partial charge in [-0.2, -0.15) is 0 Å².